The molecule has 21 heavy (non-hydrogen) atoms. The number of hydrogen-bond acceptors (Lipinski definition) is 2. The number of piperidine rings is 1. The van der Waals surface area contributed by atoms with Gasteiger partial charge in [0.2, 0.25) is 6.41 Å². The molecule has 1 amide bonds. The van der Waals surface area contributed by atoms with Crippen LogP contribution in [0.4, 0.5) is 0 Å². The number of benzene rings is 1. The average molecular weight is 285 g/mol. The highest BCUT2D eigenvalue weighted by Crippen LogP contribution is 2.55. The lowest BCUT2D eigenvalue weighted by Crippen LogP contribution is -2.60. The highest BCUT2D eigenvalue weighted by Gasteiger charge is 2.53. The fourth-order valence-corrected chi connectivity index (χ4v) is 5.27. The third kappa shape index (κ3) is 1.76. The zero-order chi connectivity index (χ0) is 14.4. The van der Waals surface area contributed by atoms with Crippen LogP contribution in [-0.4, -0.2) is 31.0 Å². The topological polar surface area (TPSA) is 29.5 Å². The molecule has 3 atom stereocenters. The van der Waals surface area contributed by atoms with E-state index in [4.69, 9.17) is 4.74 Å². The minimum absolute atomic E-state index is 0.296. The fraction of sp³-hybridized carbons (Fsp3) is 0.611. The second-order valence-corrected chi connectivity index (χ2v) is 6.90. The van der Waals surface area contributed by atoms with Crippen molar-refractivity contribution in [2.24, 2.45) is 5.92 Å². The Kier molecular flexibility index (Phi) is 2.98. The van der Waals surface area contributed by atoms with E-state index < -0.39 is 0 Å². The molecule has 1 saturated heterocycles. The van der Waals surface area contributed by atoms with E-state index in [1.54, 1.807) is 7.11 Å². The van der Waals surface area contributed by atoms with E-state index in [2.05, 4.69) is 23.1 Å². The zero-order valence-corrected chi connectivity index (χ0v) is 12.7. The van der Waals surface area contributed by atoms with Crippen molar-refractivity contribution in [2.75, 3.05) is 13.7 Å². The largest absolute Gasteiger partial charge is 0.497 e. The van der Waals surface area contributed by atoms with Gasteiger partial charge in [-0.05, 0) is 54.9 Å². The molecule has 0 spiro atoms. The van der Waals surface area contributed by atoms with Crippen molar-refractivity contribution in [3.63, 3.8) is 0 Å². The molecule has 3 aliphatic rings. The third-order valence-corrected chi connectivity index (χ3v) is 6.22. The van der Waals surface area contributed by atoms with Crippen LogP contribution in [-0.2, 0) is 16.6 Å². The molecule has 112 valence electrons. The summed E-state index contributed by atoms with van der Waals surface area (Å²) in [6, 6.07) is 6.99. The molecule has 0 aromatic heterocycles. The quantitative estimate of drug-likeness (QED) is 0.782. The van der Waals surface area contributed by atoms with Crippen LogP contribution in [0.25, 0.3) is 0 Å². The molecule has 1 aliphatic heterocycles. The maximum absolute atomic E-state index is 11.5. The van der Waals surface area contributed by atoms with Gasteiger partial charge in [0.1, 0.15) is 5.75 Å². The van der Waals surface area contributed by atoms with Gasteiger partial charge in [-0.3, -0.25) is 4.79 Å². The summed E-state index contributed by atoms with van der Waals surface area (Å²) in [5, 5.41) is 0. The Morgan fingerprint density at radius 1 is 1.33 bits per heavy atom. The summed E-state index contributed by atoms with van der Waals surface area (Å²) < 4.78 is 5.47. The molecular formula is C18H23NO2. The molecule has 1 heterocycles. The number of likely N-dealkylation sites (tertiary alicyclic amines) is 1. The lowest BCUT2D eigenvalue weighted by atomic mass is 9.52. The maximum atomic E-state index is 11.5. The highest BCUT2D eigenvalue weighted by atomic mass is 16.5. The van der Waals surface area contributed by atoms with Gasteiger partial charge in [-0.2, -0.15) is 0 Å². The standard InChI is InChI=1S/C18H23NO2/c1-21-14-6-5-13-10-17-15-4-2-3-7-18(15,16(13)11-14)8-9-19(17)12-20/h5-6,11-12,15,17H,2-4,7-10H2,1H3/t15-,17+,18?/m1/s1. The molecular weight excluding hydrogens is 262 g/mol. The summed E-state index contributed by atoms with van der Waals surface area (Å²) in [6.45, 7) is 0.918. The molecule has 4 rings (SSSR count). The normalized spacial score (nSPS) is 33.9. The number of carbonyl (C=O) groups is 1. The molecule has 3 nitrogen and oxygen atoms in total. The molecule has 1 saturated carbocycles. The van der Waals surface area contributed by atoms with Crippen molar-refractivity contribution >= 4 is 6.41 Å². The van der Waals surface area contributed by atoms with Crippen LogP contribution in [0.1, 0.15) is 43.2 Å². The smallest absolute Gasteiger partial charge is 0.209 e. The summed E-state index contributed by atoms with van der Waals surface area (Å²) >= 11 is 0. The SMILES string of the molecule is COc1ccc2c(c1)C13CCCC[C@@H]1[C@H](C2)N(C=O)CC3. The summed E-state index contributed by atoms with van der Waals surface area (Å²) in [4.78, 5) is 13.5. The number of methoxy groups -OCH3 is 1. The van der Waals surface area contributed by atoms with Gasteiger partial charge >= 0.3 is 0 Å². The Bertz CT molecular complexity index is 570. The fourth-order valence-electron chi connectivity index (χ4n) is 5.27. The summed E-state index contributed by atoms with van der Waals surface area (Å²) in [7, 11) is 1.75. The van der Waals surface area contributed by atoms with Crippen molar-refractivity contribution in [2.45, 2.75) is 50.0 Å². The van der Waals surface area contributed by atoms with Gasteiger partial charge in [-0.15, -0.1) is 0 Å². The van der Waals surface area contributed by atoms with E-state index in [0.717, 1.165) is 31.5 Å². The predicted molar refractivity (Wildman–Crippen MR) is 81.5 cm³/mol. The number of nitrogens with zero attached hydrogens (tertiary/aromatic N) is 1. The number of rotatable bonds is 2. The third-order valence-electron chi connectivity index (χ3n) is 6.22. The van der Waals surface area contributed by atoms with Crippen LogP contribution in [0.5, 0.6) is 5.75 Å². The minimum atomic E-state index is 0.296. The molecule has 2 bridgehead atoms. The van der Waals surface area contributed by atoms with Crippen LogP contribution < -0.4 is 4.74 Å². The predicted octanol–water partition coefficient (Wildman–Crippen LogP) is 2.91. The molecule has 2 aliphatic carbocycles. The van der Waals surface area contributed by atoms with E-state index in [1.807, 2.05) is 0 Å². The van der Waals surface area contributed by atoms with Crippen LogP contribution in [0, 0.1) is 5.92 Å². The van der Waals surface area contributed by atoms with E-state index in [0.29, 0.717) is 17.4 Å². The Morgan fingerprint density at radius 3 is 3.05 bits per heavy atom. The molecule has 1 aromatic rings. The molecule has 1 unspecified atom stereocenters. The van der Waals surface area contributed by atoms with Crippen molar-refractivity contribution in [1.82, 2.24) is 4.90 Å². The molecule has 0 N–H and O–H groups in total. The number of fused-ring (bicyclic) bond motifs is 1. The van der Waals surface area contributed by atoms with Gasteiger partial charge < -0.3 is 9.64 Å². The van der Waals surface area contributed by atoms with Gasteiger partial charge in [0.05, 0.1) is 7.11 Å². The summed E-state index contributed by atoms with van der Waals surface area (Å²) in [5.74, 6) is 1.62. The first-order valence-electron chi connectivity index (χ1n) is 8.17. The first-order chi connectivity index (χ1) is 10.3. The maximum Gasteiger partial charge on any atom is 0.209 e. The first-order valence-corrected chi connectivity index (χ1v) is 8.17. The number of amides is 1. The van der Waals surface area contributed by atoms with Crippen molar-refractivity contribution < 1.29 is 9.53 Å². The Labute approximate surface area is 126 Å². The molecule has 1 aromatic carbocycles. The monoisotopic (exact) mass is 285 g/mol. The van der Waals surface area contributed by atoms with Crippen molar-refractivity contribution in [3.05, 3.63) is 29.3 Å². The van der Waals surface area contributed by atoms with Crippen LogP contribution >= 0.6 is 0 Å². The second-order valence-electron chi connectivity index (χ2n) is 6.90. The van der Waals surface area contributed by atoms with Gasteiger partial charge in [-0.1, -0.05) is 18.9 Å². The van der Waals surface area contributed by atoms with E-state index in [9.17, 15) is 4.79 Å². The lowest BCUT2D eigenvalue weighted by molar-refractivity contribution is -0.126. The van der Waals surface area contributed by atoms with Crippen LogP contribution in [0.3, 0.4) is 0 Å². The van der Waals surface area contributed by atoms with Crippen molar-refractivity contribution in [3.8, 4) is 5.75 Å². The molecule has 0 radical (unpaired) electrons. The Balaban J connectivity index is 1.87. The van der Waals surface area contributed by atoms with Gasteiger partial charge in [0.25, 0.3) is 0 Å². The lowest BCUT2D eigenvalue weighted by Gasteiger charge is -2.58. The van der Waals surface area contributed by atoms with Gasteiger partial charge in [0.15, 0.2) is 0 Å². The minimum Gasteiger partial charge on any atom is -0.497 e. The van der Waals surface area contributed by atoms with Crippen LogP contribution in [0.2, 0.25) is 0 Å². The van der Waals surface area contributed by atoms with Gasteiger partial charge in [0, 0.05) is 18.0 Å². The first kappa shape index (κ1) is 13.2. The Hall–Kier alpha value is -1.51. The van der Waals surface area contributed by atoms with E-state index in [1.165, 1.54) is 36.8 Å². The molecule has 2 fully saturated rings. The average Bonchev–Trinajstić information content (AvgIpc) is 2.54. The Morgan fingerprint density at radius 2 is 2.24 bits per heavy atom. The zero-order valence-electron chi connectivity index (χ0n) is 12.7. The van der Waals surface area contributed by atoms with Gasteiger partial charge in [-0.25, -0.2) is 0 Å². The van der Waals surface area contributed by atoms with E-state index in [-0.39, 0.29) is 0 Å². The van der Waals surface area contributed by atoms with Crippen molar-refractivity contribution in [1.29, 1.82) is 0 Å². The number of hydrogen-bond donors (Lipinski definition) is 0. The summed E-state index contributed by atoms with van der Waals surface area (Å²) in [6.07, 6.45) is 8.40. The van der Waals surface area contributed by atoms with E-state index >= 15 is 0 Å². The summed E-state index contributed by atoms with van der Waals surface area (Å²) in [5.41, 5.74) is 3.25. The second kappa shape index (κ2) is 4.75. The number of carbonyl (C=O) groups excluding carboxylic acids is 1. The van der Waals surface area contributed by atoms with Crippen LogP contribution in [0.15, 0.2) is 18.2 Å². The number of ether oxygens (including phenoxy) is 1. The highest BCUT2D eigenvalue weighted by molar-refractivity contribution is 5.52. The molecule has 3 heteroatoms.